The van der Waals surface area contributed by atoms with Gasteiger partial charge in [-0.15, -0.1) is 0 Å². The molecule has 0 radical (unpaired) electrons. The number of hydrogen-bond acceptors (Lipinski definition) is 4. The lowest BCUT2D eigenvalue weighted by Crippen LogP contribution is -2.53. The van der Waals surface area contributed by atoms with E-state index in [-0.39, 0.29) is 5.92 Å². The van der Waals surface area contributed by atoms with Gasteiger partial charge in [-0.3, -0.25) is 0 Å². The molecule has 0 bridgehead atoms. The molecule has 2 fully saturated rings. The SMILES string of the molecule is CCC/C=C/C1COC(CCCC)(C2COCOC2)OC1. The summed E-state index contributed by atoms with van der Waals surface area (Å²) in [6.45, 7) is 7.58. The Bertz CT molecular complexity index is 302. The molecule has 4 heteroatoms. The van der Waals surface area contributed by atoms with Gasteiger partial charge in [0.2, 0.25) is 0 Å². The summed E-state index contributed by atoms with van der Waals surface area (Å²) in [6.07, 6.45) is 9.95. The van der Waals surface area contributed by atoms with Crippen LogP contribution in [0.3, 0.4) is 0 Å². The maximum Gasteiger partial charge on any atom is 0.175 e. The molecule has 21 heavy (non-hydrogen) atoms. The third-order valence-corrected chi connectivity index (χ3v) is 4.25. The van der Waals surface area contributed by atoms with E-state index in [0.717, 1.165) is 38.9 Å². The van der Waals surface area contributed by atoms with E-state index in [0.29, 0.717) is 25.9 Å². The largest absolute Gasteiger partial charge is 0.355 e. The van der Waals surface area contributed by atoms with Crippen LogP contribution >= 0.6 is 0 Å². The minimum atomic E-state index is -0.508. The average molecular weight is 298 g/mol. The number of unbranched alkanes of at least 4 members (excludes halogenated alkanes) is 2. The number of allylic oxidation sites excluding steroid dienone is 1. The Morgan fingerprint density at radius 3 is 2.33 bits per heavy atom. The van der Waals surface area contributed by atoms with Crippen LogP contribution in [0.1, 0.15) is 46.0 Å². The molecule has 0 N–H and O–H groups in total. The third-order valence-electron chi connectivity index (χ3n) is 4.25. The molecule has 0 amide bonds. The summed E-state index contributed by atoms with van der Waals surface area (Å²) in [5.74, 6) is 0.0426. The van der Waals surface area contributed by atoms with Crippen LogP contribution in [0, 0.1) is 11.8 Å². The second-order valence-electron chi connectivity index (χ2n) is 6.07. The maximum atomic E-state index is 6.22. The van der Waals surface area contributed by atoms with Gasteiger partial charge in [-0.1, -0.05) is 38.8 Å². The second kappa shape index (κ2) is 8.89. The molecule has 0 unspecified atom stereocenters. The van der Waals surface area contributed by atoms with E-state index < -0.39 is 5.79 Å². The first kappa shape index (κ1) is 16.9. The van der Waals surface area contributed by atoms with Crippen LogP contribution in [0.2, 0.25) is 0 Å². The van der Waals surface area contributed by atoms with Gasteiger partial charge in [0.05, 0.1) is 32.3 Å². The molecule has 2 aliphatic heterocycles. The van der Waals surface area contributed by atoms with Crippen LogP contribution in [-0.2, 0) is 18.9 Å². The first-order valence-electron chi connectivity index (χ1n) is 8.40. The molecule has 0 aromatic rings. The van der Waals surface area contributed by atoms with E-state index in [1.807, 2.05) is 0 Å². The Morgan fingerprint density at radius 1 is 1.00 bits per heavy atom. The van der Waals surface area contributed by atoms with E-state index in [9.17, 15) is 0 Å². The fourth-order valence-electron chi connectivity index (χ4n) is 2.90. The van der Waals surface area contributed by atoms with Crippen LogP contribution in [0.25, 0.3) is 0 Å². The molecule has 2 heterocycles. The molecular weight excluding hydrogens is 268 g/mol. The van der Waals surface area contributed by atoms with Crippen molar-refractivity contribution in [3.63, 3.8) is 0 Å². The Labute approximate surface area is 128 Å². The minimum Gasteiger partial charge on any atom is -0.355 e. The Balaban J connectivity index is 1.92. The standard InChI is InChI=1S/C17H30O4/c1-3-5-7-8-15-10-20-17(21-11-15,9-6-4-2)16-12-18-14-19-13-16/h7-8,15-16H,3-6,9-14H2,1-2H3/b8-7+. The minimum absolute atomic E-state index is 0.179. The van der Waals surface area contributed by atoms with Gasteiger partial charge in [-0.25, -0.2) is 0 Å². The van der Waals surface area contributed by atoms with Crippen LogP contribution in [0.4, 0.5) is 0 Å². The Kier molecular flexibility index (Phi) is 7.17. The second-order valence-corrected chi connectivity index (χ2v) is 6.07. The van der Waals surface area contributed by atoms with Gasteiger partial charge in [-0.2, -0.15) is 0 Å². The monoisotopic (exact) mass is 298 g/mol. The van der Waals surface area contributed by atoms with Crippen molar-refractivity contribution in [2.75, 3.05) is 33.2 Å². The highest BCUT2D eigenvalue weighted by molar-refractivity contribution is 4.92. The molecule has 0 aromatic heterocycles. The van der Waals surface area contributed by atoms with E-state index in [1.54, 1.807) is 0 Å². The molecule has 2 rings (SSSR count). The normalized spacial score (nSPS) is 31.8. The van der Waals surface area contributed by atoms with Crippen molar-refractivity contribution in [2.24, 2.45) is 11.8 Å². The van der Waals surface area contributed by atoms with Crippen molar-refractivity contribution < 1.29 is 18.9 Å². The number of ether oxygens (including phenoxy) is 4. The summed E-state index contributed by atoms with van der Waals surface area (Å²) >= 11 is 0. The summed E-state index contributed by atoms with van der Waals surface area (Å²) < 4.78 is 23.3. The van der Waals surface area contributed by atoms with Crippen molar-refractivity contribution in [1.82, 2.24) is 0 Å². The van der Waals surface area contributed by atoms with E-state index >= 15 is 0 Å². The maximum absolute atomic E-state index is 6.22. The lowest BCUT2D eigenvalue weighted by molar-refractivity contribution is -0.331. The topological polar surface area (TPSA) is 36.9 Å². The first-order valence-corrected chi connectivity index (χ1v) is 8.40. The summed E-state index contributed by atoms with van der Waals surface area (Å²) in [5, 5.41) is 0. The molecule has 0 aliphatic carbocycles. The van der Waals surface area contributed by atoms with Crippen LogP contribution in [-0.4, -0.2) is 39.0 Å². The average Bonchev–Trinajstić information content (AvgIpc) is 2.55. The summed E-state index contributed by atoms with van der Waals surface area (Å²) in [7, 11) is 0. The number of hydrogen-bond donors (Lipinski definition) is 0. The van der Waals surface area contributed by atoms with Gasteiger partial charge in [0, 0.05) is 12.3 Å². The zero-order valence-electron chi connectivity index (χ0n) is 13.5. The molecule has 4 nitrogen and oxygen atoms in total. The number of rotatable bonds is 7. The smallest absolute Gasteiger partial charge is 0.175 e. The third kappa shape index (κ3) is 4.78. The highest BCUT2D eigenvalue weighted by Crippen LogP contribution is 2.36. The molecule has 0 atom stereocenters. The van der Waals surface area contributed by atoms with Gasteiger partial charge < -0.3 is 18.9 Å². The lowest BCUT2D eigenvalue weighted by atomic mass is 9.92. The van der Waals surface area contributed by atoms with E-state index in [1.165, 1.54) is 6.42 Å². The lowest BCUT2D eigenvalue weighted by Gasteiger charge is -2.45. The van der Waals surface area contributed by atoms with Crippen LogP contribution in [0.15, 0.2) is 12.2 Å². The fraction of sp³-hybridized carbons (Fsp3) is 0.882. The van der Waals surface area contributed by atoms with E-state index in [2.05, 4.69) is 26.0 Å². The van der Waals surface area contributed by atoms with Crippen molar-refractivity contribution in [2.45, 2.75) is 51.7 Å². The van der Waals surface area contributed by atoms with Crippen molar-refractivity contribution in [3.05, 3.63) is 12.2 Å². The van der Waals surface area contributed by atoms with Gasteiger partial charge in [-0.05, 0) is 12.8 Å². The molecule has 0 aromatic carbocycles. The quantitative estimate of drug-likeness (QED) is 0.674. The zero-order chi connectivity index (χ0) is 15.0. The molecule has 0 saturated carbocycles. The van der Waals surface area contributed by atoms with Gasteiger partial charge >= 0.3 is 0 Å². The van der Waals surface area contributed by atoms with Crippen LogP contribution in [0.5, 0.6) is 0 Å². The zero-order valence-corrected chi connectivity index (χ0v) is 13.5. The van der Waals surface area contributed by atoms with Gasteiger partial charge in [0.1, 0.15) is 6.79 Å². The highest BCUT2D eigenvalue weighted by atomic mass is 16.7. The molecular formula is C17H30O4. The first-order chi connectivity index (χ1) is 10.3. The van der Waals surface area contributed by atoms with E-state index in [4.69, 9.17) is 18.9 Å². The van der Waals surface area contributed by atoms with Gasteiger partial charge in [0.15, 0.2) is 5.79 Å². The summed E-state index contributed by atoms with van der Waals surface area (Å²) in [4.78, 5) is 0. The fourth-order valence-corrected chi connectivity index (χ4v) is 2.90. The Hall–Kier alpha value is -0.420. The molecule has 2 saturated heterocycles. The predicted octanol–water partition coefficient (Wildman–Crippen LogP) is 3.51. The molecule has 2 aliphatic rings. The highest BCUT2D eigenvalue weighted by Gasteiger charge is 2.45. The van der Waals surface area contributed by atoms with Crippen molar-refractivity contribution in [1.29, 1.82) is 0 Å². The molecule has 122 valence electrons. The Morgan fingerprint density at radius 2 is 1.71 bits per heavy atom. The van der Waals surface area contributed by atoms with Crippen molar-refractivity contribution in [3.8, 4) is 0 Å². The summed E-state index contributed by atoms with van der Waals surface area (Å²) in [6, 6.07) is 0. The van der Waals surface area contributed by atoms with Crippen molar-refractivity contribution >= 4 is 0 Å². The van der Waals surface area contributed by atoms with Crippen LogP contribution < -0.4 is 0 Å². The predicted molar refractivity (Wildman–Crippen MR) is 82.0 cm³/mol. The molecule has 0 spiro atoms. The summed E-state index contributed by atoms with van der Waals surface area (Å²) in [5.41, 5.74) is 0. The van der Waals surface area contributed by atoms with Gasteiger partial charge in [0.25, 0.3) is 0 Å².